The molecule has 0 bridgehead atoms. The molecule has 1 saturated heterocycles. The molecule has 106 valence electrons. The third kappa shape index (κ3) is 4.35. The molecule has 0 aliphatic carbocycles. The minimum Gasteiger partial charge on any atom is -0.312 e. The van der Waals surface area contributed by atoms with Gasteiger partial charge in [0.1, 0.15) is 0 Å². The van der Waals surface area contributed by atoms with Gasteiger partial charge in [-0.1, -0.05) is 29.3 Å². The Bertz CT molecular complexity index is 421. The summed E-state index contributed by atoms with van der Waals surface area (Å²) >= 11 is 12.0. The normalized spacial score (nSPS) is 20.4. The number of halogens is 2. The number of benzene rings is 1. The van der Waals surface area contributed by atoms with Gasteiger partial charge in [-0.3, -0.25) is 0 Å². The highest BCUT2D eigenvalue weighted by Gasteiger charge is 2.23. The zero-order valence-electron chi connectivity index (χ0n) is 11.6. The van der Waals surface area contributed by atoms with E-state index in [-0.39, 0.29) is 0 Å². The van der Waals surface area contributed by atoms with Gasteiger partial charge in [0.05, 0.1) is 0 Å². The quantitative estimate of drug-likeness (QED) is 0.889. The lowest BCUT2D eigenvalue weighted by Crippen LogP contribution is -2.30. The lowest BCUT2D eigenvalue weighted by Gasteiger charge is -2.20. The Balaban J connectivity index is 1.75. The maximum Gasteiger partial charge on any atom is 0.0465 e. The van der Waals surface area contributed by atoms with Crippen LogP contribution in [0.25, 0.3) is 0 Å². The van der Waals surface area contributed by atoms with Crippen LogP contribution in [0, 0.1) is 5.92 Å². The predicted molar refractivity (Wildman–Crippen MR) is 83.0 cm³/mol. The van der Waals surface area contributed by atoms with Gasteiger partial charge < -0.3 is 10.2 Å². The molecule has 2 rings (SSSR count). The van der Waals surface area contributed by atoms with Gasteiger partial charge in [-0.15, -0.1) is 0 Å². The maximum absolute atomic E-state index is 6.16. The van der Waals surface area contributed by atoms with E-state index in [1.54, 1.807) is 6.07 Å². The standard InChI is InChI=1S/C15H22Cl2N2/c1-11(2)19-6-5-12(10-19)8-18-9-13-3-4-14(16)7-15(13)17/h3-4,7,11-12,18H,5-6,8-10H2,1-2H3. The monoisotopic (exact) mass is 300 g/mol. The Labute approximate surface area is 126 Å². The molecule has 1 aliphatic heterocycles. The van der Waals surface area contributed by atoms with Crippen molar-refractivity contribution in [3.05, 3.63) is 33.8 Å². The van der Waals surface area contributed by atoms with E-state index in [2.05, 4.69) is 24.1 Å². The van der Waals surface area contributed by atoms with E-state index in [1.165, 1.54) is 19.5 Å². The summed E-state index contributed by atoms with van der Waals surface area (Å²) < 4.78 is 0. The molecular formula is C15H22Cl2N2. The molecule has 4 heteroatoms. The minimum absolute atomic E-state index is 0.663. The average Bonchev–Trinajstić information content (AvgIpc) is 2.81. The topological polar surface area (TPSA) is 15.3 Å². The summed E-state index contributed by atoms with van der Waals surface area (Å²) in [5.41, 5.74) is 1.12. The fourth-order valence-electron chi connectivity index (χ4n) is 2.57. The second-order valence-corrected chi connectivity index (χ2v) is 6.45. The van der Waals surface area contributed by atoms with Crippen LogP contribution in [-0.2, 0) is 6.54 Å². The molecule has 1 aliphatic rings. The summed E-state index contributed by atoms with van der Waals surface area (Å²) in [7, 11) is 0. The number of nitrogens with zero attached hydrogens (tertiary/aromatic N) is 1. The summed E-state index contributed by atoms with van der Waals surface area (Å²) in [5.74, 6) is 0.758. The van der Waals surface area contributed by atoms with Crippen molar-refractivity contribution in [3.8, 4) is 0 Å². The van der Waals surface area contributed by atoms with Crippen molar-refractivity contribution < 1.29 is 0 Å². The van der Waals surface area contributed by atoms with E-state index in [0.29, 0.717) is 11.1 Å². The highest BCUT2D eigenvalue weighted by Crippen LogP contribution is 2.21. The molecule has 0 amide bonds. The number of nitrogens with one attached hydrogen (secondary N) is 1. The van der Waals surface area contributed by atoms with Crippen LogP contribution in [0.4, 0.5) is 0 Å². The summed E-state index contributed by atoms with van der Waals surface area (Å²) in [6.07, 6.45) is 1.29. The molecule has 2 nitrogen and oxygen atoms in total. The maximum atomic E-state index is 6.16. The van der Waals surface area contributed by atoms with E-state index in [1.807, 2.05) is 12.1 Å². The Morgan fingerprint density at radius 1 is 1.37 bits per heavy atom. The van der Waals surface area contributed by atoms with Crippen molar-refractivity contribution in [3.63, 3.8) is 0 Å². The summed E-state index contributed by atoms with van der Waals surface area (Å²) in [4.78, 5) is 2.54. The van der Waals surface area contributed by atoms with Gasteiger partial charge in [-0.2, -0.15) is 0 Å². The lowest BCUT2D eigenvalue weighted by atomic mass is 10.1. The Morgan fingerprint density at radius 3 is 2.79 bits per heavy atom. The van der Waals surface area contributed by atoms with Crippen molar-refractivity contribution >= 4 is 23.2 Å². The molecule has 0 spiro atoms. The number of rotatable bonds is 5. The van der Waals surface area contributed by atoms with E-state index in [9.17, 15) is 0 Å². The van der Waals surface area contributed by atoms with E-state index in [0.717, 1.165) is 29.6 Å². The third-order valence-corrected chi connectivity index (χ3v) is 4.40. The van der Waals surface area contributed by atoms with Crippen LogP contribution in [-0.4, -0.2) is 30.6 Å². The Hall–Kier alpha value is -0.280. The SMILES string of the molecule is CC(C)N1CCC(CNCc2ccc(Cl)cc2Cl)C1. The van der Waals surface area contributed by atoms with Crippen LogP contribution in [0.15, 0.2) is 18.2 Å². The number of likely N-dealkylation sites (tertiary alicyclic amines) is 1. The van der Waals surface area contributed by atoms with Gasteiger partial charge in [-0.25, -0.2) is 0 Å². The minimum atomic E-state index is 0.663. The zero-order chi connectivity index (χ0) is 13.8. The largest absolute Gasteiger partial charge is 0.312 e. The van der Waals surface area contributed by atoms with Crippen molar-refractivity contribution in [1.82, 2.24) is 10.2 Å². The molecule has 1 aromatic carbocycles. The molecule has 1 unspecified atom stereocenters. The average molecular weight is 301 g/mol. The fraction of sp³-hybridized carbons (Fsp3) is 0.600. The van der Waals surface area contributed by atoms with Gasteiger partial charge in [0.2, 0.25) is 0 Å². The molecule has 1 N–H and O–H groups in total. The van der Waals surface area contributed by atoms with E-state index >= 15 is 0 Å². The zero-order valence-corrected chi connectivity index (χ0v) is 13.1. The van der Waals surface area contributed by atoms with Crippen LogP contribution >= 0.6 is 23.2 Å². The summed E-state index contributed by atoms with van der Waals surface area (Å²) in [6, 6.07) is 6.35. The summed E-state index contributed by atoms with van der Waals surface area (Å²) in [5, 5.41) is 4.95. The third-order valence-electron chi connectivity index (χ3n) is 3.81. The Morgan fingerprint density at radius 2 is 2.16 bits per heavy atom. The smallest absolute Gasteiger partial charge is 0.0465 e. The van der Waals surface area contributed by atoms with Gasteiger partial charge in [0, 0.05) is 29.2 Å². The van der Waals surface area contributed by atoms with E-state index in [4.69, 9.17) is 23.2 Å². The first kappa shape index (κ1) is 15.1. The Kier molecular flexibility index (Phi) is 5.52. The first-order valence-corrected chi connectivity index (χ1v) is 7.70. The van der Waals surface area contributed by atoms with Crippen molar-refractivity contribution in [2.24, 2.45) is 5.92 Å². The van der Waals surface area contributed by atoms with Gasteiger partial charge in [-0.05, 0) is 57.0 Å². The molecule has 19 heavy (non-hydrogen) atoms. The molecule has 0 aromatic heterocycles. The van der Waals surface area contributed by atoms with Crippen LogP contribution in [0.5, 0.6) is 0 Å². The van der Waals surface area contributed by atoms with Crippen LogP contribution in [0.3, 0.4) is 0 Å². The van der Waals surface area contributed by atoms with Crippen molar-refractivity contribution in [2.75, 3.05) is 19.6 Å². The predicted octanol–water partition coefficient (Wildman–Crippen LogP) is 3.81. The van der Waals surface area contributed by atoms with E-state index < -0.39 is 0 Å². The first-order valence-electron chi connectivity index (χ1n) is 6.95. The highest BCUT2D eigenvalue weighted by atomic mass is 35.5. The molecule has 1 atom stereocenters. The van der Waals surface area contributed by atoms with Crippen LogP contribution in [0.1, 0.15) is 25.8 Å². The second kappa shape index (κ2) is 6.94. The van der Waals surface area contributed by atoms with Crippen LogP contribution < -0.4 is 5.32 Å². The molecular weight excluding hydrogens is 279 g/mol. The highest BCUT2D eigenvalue weighted by molar-refractivity contribution is 6.35. The molecule has 1 aromatic rings. The second-order valence-electron chi connectivity index (χ2n) is 5.61. The molecule has 1 fully saturated rings. The van der Waals surface area contributed by atoms with Gasteiger partial charge in [0.15, 0.2) is 0 Å². The van der Waals surface area contributed by atoms with Crippen LogP contribution in [0.2, 0.25) is 10.0 Å². The fourth-order valence-corrected chi connectivity index (χ4v) is 3.05. The molecule has 1 heterocycles. The van der Waals surface area contributed by atoms with Gasteiger partial charge >= 0.3 is 0 Å². The lowest BCUT2D eigenvalue weighted by molar-refractivity contribution is 0.264. The van der Waals surface area contributed by atoms with Crippen molar-refractivity contribution in [2.45, 2.75) is 32.9 Å². The first-order chi connectivity index (χ1) is 9.06. The van der Waals surface area contributed by atoms with Crippen molar-refractivity contribution in [1.29, 1.82) is 0 Å². The number of hydrogen-bond acceptors (Lipinski definition) is 2. The molecule has 0 saturated carbocycles. The van der Waals surface area contributed by atoms with Gasteiger partial charge in [0.25, 0.3) is 0 Å². The summed E-state index contributed by atoms with van der Waals surface area (Å²) in [6.45, 7) is 8.84. The number of hydrogen-bond donors (Lipinski definition) is 1. The molecule has 0 radical (unpaired) electrons.